The number of piperidine rings is 1. The molecule has 2 heterocycles. The van der Waals surface area contributed by atoms with Crippen molar-refractivity contribution in [2.45, 2.75) is 38.8 Å². The van der Waals surface area contributed by atoms with E-state index in [9.17, 15) is 30.8 Å². The standard InChI is InChI=1S/C22H25F4N3O3S/c1-13-8-10-29(11-9-13)21-16(5-7-19(27-21)22(24,25)26)20(30)14(2)15-4-6-18(17(23)12-15)28-33(3,31)32/h4-7,12-14,28H,8-11H2,1-3H3. The number of benzene rings is 1. The molecule has 3 rings (SSSR count). The number of ketones is 1. The van der Waals surface area contributed by atoms with E-state index >= 15 is 0 Å². The van der Waals surface area contributed by atoms with Crippen LogP contribution < -0.4 is 9.62 Å². The van der Waals surface area contributed by atoms with E-state index in [0.29, 0.717) is 19.0 Å². The Morgan fingerprint density at radius 2 is 1.82 bits per heavy atom. The highest BCUT2D eigenvalue weighted by Crippen LogP contribution is 2.34. The van der Waals surface area contributed by atoms with Gasteiger partial charge in [-0.25, -0.2) is 17.8 Å². The van der Waals surface area contributed by atoms with Crippen molar-refractivity contribution in [2.75, 3.05) is 29.0 Å². The molecule has 1 saturated heterocycles. The summed E-state index contributed by atoms with van der Waals surface area (Å²) in [4.78, 5) is 18.8. The molecule has 1 aliphatic heterocycles. The third kappa shape index (κ3) is 6.01. The fraction of sp³-hybridized carbons (Fsp3) is 0.455. The van der Waals surface area contributed by atoms with Crippen molar-refractivity contribution in [2.24, 2.45) is 5.92 Å². The first-order valence-corrected chi connectivity index (χ1v) is 12.3. The van der Waals surface area contributed by atoms with E-state index in [-0.39, 0.29) is 22.6 Å². The molecule has 1 aromatic heterocycles. The number of alkyl halides is 3. The maximum atomic E-state index is 14.4. The first-order chi connectivity index (χ1) is 15.3. The Labute approximate surface area is 190 Å². The largest absolute Gasteiger partial charge is 0.433 e. The highest BCUT2D eigenvalue weighted by molar-refractivity contribution is 7.92. The van der Waals surface area contributed by atoms with Crippen molar-refractivity contribution in [3.05, 3.63) is 53.0 Å². The van der Waals surface area contributed by atoms with Crippen LogP contribution in [0.15, 0.2) is 30.3 Å². The molecule has 1 unspecified atom stereocenters. The predicted molar refractivity (Wildman–Crippen MR) is 117 cm³/mol. The topological polar surface area (TPSA) is 79.4 Å². The number of sulfonamides is 1. The normalized spacial score (nSPS) is 16.5. The monoisotopic (exact) mass is 487 g/mol. The first kappa shape index (κ1) is 24.9. The average Bonchev–Trinajstić information content (AvgIpc) is 2.73. The van der Waals surface area contributed by atoms with E-state index in [0.717, 1.165) is 37.3 Å². The Hall–Kier alpha value is -2.69. The molecule has 180 valence electrons. The van der Waals surface area contributed by atoms with Crippen LogP contribution in [-0.2, 0) is 16.2 Å². The molecule has 11 heteroatoms. The second-order valence-electron chi connectivity index (χ2n) is 8.43. The van der Waals surface area contributed by atoms with Crippen LogP contribution in [0.2, 0.25) is 0 Å². The molecule has 1 N–H and O–H groups in total. The maximum absolute atomic E-state index is 14.4. The molecule has 1 aliphatic rings. The fourth-order valence-electron chi connectivity index (χ4n) is 3.73. The Morgan fingerprint density at radius 1 is 1.18 bits per heavy atom. The Morgan fingerprint density at radius 3 is 2.36 bits per heavy atom. The molecule has 0 amide bonds. The zero-order chi connectivity index (χ0) is 24.6. The minimum Gasteiger partial charge on any atom is -0.356 e. The third-order valence-electron chi connectivity index (χ3n) is 5.70. The molecule has 0 aliphatic carbocycles. The van der Waals surface area contributed by atoms with Crippen LogP contribution in [0.5, 0.6) is 0 Å². The van der Waals surface area contributed by atoms with E-state index in [1.807, 2.05) is 4.72 Å². The summed E-state index contributed by atoms with van der Waals surface area (Å²) in [5.74, 6) is -1.87. The Kier molecular flexibility index (Phi) is 7.01. The predicted octanol–water partition coefficient (Wildman–Crippen LogP) is 4.83. The molecule has 6 nitrogen and oxygen atoms in total. The van der Waals surface area contributed by atoms with Gasteiger partial charge in [-0.05, 0) is 48.6 Å². The van der Waals surface area contributed by atoms with E-state index in [4.69, 9.17) is 0 Å². The number of halogens is 4. The summed E-state index contributed by atoms with van der Waals surface area (Å²) in [5, 5.41) is 0. The van der Waals surface area contributed by atoms with Gasteiger partial charge < -0.3 is 4.90 Å². The van der Waals surface area contributed by atoms with Gasteiger partial charge in [0.15, 0.2) is 5.78 Å². The smallest absolute Gasteiger partial charge is 0.356 e. The van der Waals surface area contributed by atoms with Gasteiger partial charge in [-0.3, -0.25) is 9.52 Å². The van der Waals surface area contributed by atoms with Crippen molar-refractivity contribution >= 4 is 27.3 Å². The number of aromatic nitrogens is 1. The highest BCUT2D eigenvalue weighted by atomic mass is 32.2. The van der Waals surface area contributed by atoms with Crippen LogP contribution in [0, 0.1) is 11.7 Å². The molecule has 1 atom stereocenters. The summed E-state index contributed by atoms with van der Waals surface area (Å²) in [7, 11) is -3.69. The lowest BCUT2D eigenvalue weighted by molar-refractivity contribution is -0.141. The molecule has 1 aromatic carbocycles. The fourth-order valence-corrected chi connectivity index (χ4v) is 4.29. The highest BCUT2D eigenvalue weighted by Gasteiger charge is 2.35. The molecule has 0 bridgehead atoms. The first-order valence-electron chi connectivity index (χ1n) is 10.4. The number of carbonyl (C=O) groups excluding carboxylic acids is 1. The zero-order valence-corrected chi connectivity index (χ0v) is 19.2. The van der Waals surface area contributed by atoms with Gasteiger partial charge in [0.1, 0.15) is 17.3 Å². The van der Waals surface area contributed by atoms with E-state index in [1.54, 1.807) is 4.90 Å². The van der Waals surface area contributed by atoms with Gasteiger partial charge in [-0.1, -0.05) is 19.9 Å². The minimum absolute atomic E-state index is 0.0237. The number of hydrogen-bond donors (Lipinski definition) is 1. The SMILES string of the molecule is CC1CCN(c2nc(C(F)(F)F)ccc2C(=O)C(C)c2ccc(NS(C)(=O)=O)c(F)c2)CC1. The number of carbonyl (C=O) groups is 1. The molecule has 33 heavy (non-hydrogen) atoms. The van der Waals surface area contributed by atoms with Gasteiger partial charge in [0, 0.05) is 19.0 Å². The maximum Gasteiger partial charge on any atom is 0.433 e. The van der Waals surface area contributed by atoms with E-state index in [2.05, 4.69) is 11.9 Å². The summed E-state index contributed by atoms with van der Waals surface area (Å²) >= 11 is 0. The van der Waals surface area contributed by atoms with Crippen LogP contribution in [0.4, 0.5) is 29.1 Å². The Bertz CT molecular complexity index is 1140. The minimum atomic E-state index is -4.66. The summed E-state index contributed by atoms with van der Waals surface area (Å²) in [6, 6.07) is 5.54. The van der Waals surface area contributed by atoms with Crippen molar-refractivity contribution in [3.8, 4) is 0 Å². The van der Waals surface area contributed by atoms with Crippen LogP contribution in [0.25, 0.3) is 0 Å². The molecule has 0 radical (unpaired) electrons. The number of nitrogens with zero attached hydrogens (tertiary/aromatic N) is 2. The van der Waals surface area contributed by atoms with Gasteiger partial charge in [0.05, 0.1) is 17.5 Å². The quantitative estimate of drug-likeness (QED) is 0.466. The van der Waals surface area contributed by atoms with Crippen molar-refractivity contribution in [1.82, 2.24) is 4.98 Å². The summed E-state index contributed by atoms with van der Waals surface area (Å²) in [6.07, 6.45) is -2.24. The average molecular weight is 488 g/mol. The molecular weight excluding hydrogens is 462 g/mol. The van der Waals surface area contributed by atoms with Crippen LogP contribution in [0.1, 0.15) is 54.2 Å². The number of rotatable bonds is 6. The summed E-state index contributed by atoms with van der Waals surface area (Å²) in [6.45, 7) is 4.53. The van der Waals surface area contributed by atoms with E-state index < -0.39 is 39.4 Å². The lowest BCUT2D eigenvalue weighted by Crippen LogP contribution is -2.35. The van der Waals surface area contributed by atoms with Crippen molar-refractivity contribution < 1.29 is 30.8 Å². The lowest BCUT2D eigenvalue weighted by Gasteiger charge is -2.33. The molecule has 2 aromatic rings. The van der Waals surface area contributed by atoms with E-state index in [1.165, 1.54) is 19.1 Å². The van der Waals surface area contributed by atoms with Gasteiger partial charge in [0.2, 0.25) is 10.0 Å². The number of anilines is 2. The molecular formula is C22H25F4N3O3S. The van der Waals surface area contributed by atoms with Crippen LogP contribution >= 0.6 is 0 Å². The second kappa shape index (κ2) is 9.28. The van der Waals surface area contributed by atoms with Crippen molar-refractivity contribution in [3.63, 3.8) is 0 Å². The van der Waals surface area contributed by atoms with Crippen molar-refractivity contribution in [1.29, 1.82) is 0 Å². The second-order valence-corrected chi connectivity index (χ2v) is 10.2. The third-order valence-corrected chi connectivity index (χ3v) is 6.29. The van der Waals surface area contributed by atoms with Crippen LogP contribution in [-0.4, -0.2) is 38.5 Å². The number of nitrogens with one attached hydrogen (secondary N) is 1. The zero-order valence-electron chi connectivity index (χ0n) is 18.4. The molecule has 1 fully saturated rings. The van der Waals surface area contributed by atoms with Gasteiger partial charge in [-0.15, -0.1) is 0 Å². The number of Topliss-reactive ketones (excluding diaryl/α,β-unsaturated/α-hetero) is 1. The number of hydrogen-bond acceptors (Lipinski definition) is 5. The molecule has 0 spiro atoms. The van der Waals surface area contributed by atoms with Gasteiger partial charge in [0.25, 0.3) is 0 Å². The lowest BCUT2D eigenvalue weighted by atomic mass is 9.91. The van der Waals surface area contributed by atoms with Gasteiger partial charge in [-0.2, -0.15) is 13.2 Å². The van der Waals surface area contributed by atoms with Gasteiger partial charge >= 0.3 is 6.18 Å². The summed E-state index contributed by atoms with van der Waals surface area (Å²) in [5.41, 5.74) is -1.05. The van der Waals surface area contributed by atoms with Crippen LogP contribution in [0.3, 0.4) is 0 Å². The summed E-state index contributed by atoms with van der Waals surface area (Å²) < 4.78 is 79.0. The number of pyridine rings is 1. The Balaban J connectivity index is 1.96. The molecule has 0 saturated carbocycles.